The van der Waals surface area contributed by atoms with Gasteiger partial charge < -0.3 is 4.74 Å². The standard InChI is InChI=1S/C24H17BrN4O4/c1-33-19-12-4-14(5-13-19)21-20-22(27-26-21)24(30)28(17-10-6-16(25)7-11-17)23(20)15-2-8-18(9-3-15)29(31)32/h2-13,23H,1H3,(H,26,27)/t23-/m0/s1. The number of hydrogen-bond acceptors (Lipinski definition) is 5. The molecule has 1 N–H and O–H groups in total. The molecule has 0 fully saturated rings. The smallest absolute Gasteiger partial charge is 0.277 e. The van der Waals surface area contributed by atoms with Crippen LogP contribution in [0.1, 0.15) is 27.7 Å². The summed E-state index contributed by atoms with van der Waals surface area (Å²) in [6, 6.07) is 20.6. The van der Waals surface area contributed by atoms with Gasteiger partial charge in [0.1, 0.15) is 11.4 Å². The fourth-order valence-corrected chi connectivity index (χ4v) is 4.34. The van der Waals surface area contributed by atoms with Crippen LogP contribution in [0.3, 0.4) is 0 Å². The molecule has 0 unspecified atom stereocenters. The van der Waals surface area contributed by atoms with Gasteiger partial charge in [0.25, 0.3) is 11.6 Å². The van der Waals surface area contributed by atoms with Crippen LogP contribution in [0, 0.1) is 10.1 Å². The number of non-ortho nitro benzene ring substituents is 1. The van der Waals surface area contributed by atoms with E-state index in [-0.39, 0.29) is 11.6 Å². The molecule has 8 nitrogen and oxygen atoms in total. The molecule has 0 spiro atoms. The largest absolute Gasteiger partial charge is 0.497 e. The van der Waals surface area contributed by atoms with E-state index in [4.69, 9.17) is 4.74 Å². The molecular formula is C24H17BrN4O4. The quantitative estimate of drug-likeness (QED) is 0.285. The molecule has 0 radical (unpaired) electrons. The minimum atomic E-state index is -0.509. The molecule has 3 aromatic carbocycles. The number of aromatic amines is 1. The summed E-state index contributed by atoms with van der Waals surface area (Å²) < 4.78 is 6.14. The number of nitrogens with one attached hydrogen (secondary N) is 1. The van der Waals surface area contributed by atoms with E-state index < -0.39 is 11.0 Å². The molecule has 1 aliphatic heterocycles. The fraction of sp³-hybridized carbons (Fsp3) is 0.0833. The number of carbonyl (C=O) groups is 1. The number of carbonyl (C=O) groups excluding carboxylic acids is 1. The lowest BCUT2D eigenvalue weighted by atomic mass is 9.95. The molecule has 1 aromatic heterocycles. The molecule has 4 aromatic rings. The second-order valence-electron chi connectivity index (χ2n) is 7.49. The summed E-state index contributed by atoms with van der Waals surface area (Å²) in [5.41, 5.74) is 4.02. The van der Waals surface area contributed by atoms with E-state index in [9.17, 15) is 14.9 Å². The van der Waals surface area contributed by atoms with Crippen molar-refractivity contribution in [2.75, 3.05) is 12.0 Å². The number of ether oxygens (including phenoxy) is 1. The Morgan fingerprint density at radius 1 is 1.03 bits per heavy atom. The maximum atomic E-state index is 13.5. The zero-order valence-electron chi connectivity index (χ0n) is 17.4. The molecule has 1 aliphatic rings. The monoisotopic (exact) mass is 504 g/mol. The van der Waals surface area contributed by atoms with Gasteiger partial charge in [0.2, 0.25) is 0 Å². The van der Waals surface area contributed by atoms with Gasteiger partial charge in [-0.05, 0) is 66.2 Å². The first-order chi connectivity index (χ1) is 16.0. The molecule has 1 amide bonds. The Bertz CT molecular complexity index is 1350. The Balaban J connectivity index is 1.68. The highest BCUT2D eigenvalue weighted by atomic mass is 79.9. The van der Waals surface area contributed by atoms with Crippen molar-refractivity contribution in [1.29, 1.82) is 0 Å². The van der Waals surface area contributed by atoms with Gasteiger partial charge in [-0.15, -0.1) is 0 Å². The number of H-pyrrole nitrogens is 1. The van der Waals surface area contributed by atoms with E-state index in [2.05, 4.69) is 26.1 Å². The van der Waals surface area contributed by atoms with Crippen LogP contribution in [0.15, 0.2) is 77.3 Å². The van der Waals surface area contributed by atoms with Gasteiger partial charge in [-0.3, -0.25) is 24.9 Å². The van der Waals surface area contributed by atoms with Crippen molar-refractivity contribution in [2.24, 2.45) is 0 Å². The number of nitro benzene ring substituents is 1. The molecule has 1 atom stereocenters. The Labute approximate surface area is 197 Å². The topological polar surface area (TPSA) is 101 Å². The van der Waals surface area contributed by atoms with Crippen LogP contribution in [0.4, 0.5) is 11.4 Å². The molecule has 9 heteroatoms. The number of nitro groups is 1. The first kappa shape index (κ1) is 20.9. The minimum absolute atomic E-state index is 0.0129. The van der Waals surface area contributed by atoms with Gasteiger partial charge in [-0.25, -0.2) is 0 Å². The fourth-order valence-electron chi connectivity index (χ4n) is 4.08. The van der Waals surface area contributed by atoms with Crippen LogP contribution < -0.4 is 9.64 Å². The Morgan fingerprint density at radius 2 is 1.70 bits per heavy atom. The van der Waals surface area contributed by atoms with Crippen molar-refractivity contribution in [3.8, 4) is 17.0 Å². The van der Waals surface area contributed by atoms with Crippen molar-refractivity contribution < 1.29 is 14.5 Å². The molecule has 2 heterocycles. The zero-order chi connectivity index (χ0) is 23.1. The summed E-state index contributed by atoms with van der Waals surface area (Å²) in [5.74, 6) is 0.494. The van der Waals surface area contributed by atoms with Crippen LogP contribution in [0.25, 0.3) is 11.3 Å². The van der Waals surface area contributed by atoms with Gasteiger partial charge in [-0.2, -0.15) is 5.10 Å². The number of hydrogen-bond donors (Lipinski definition) is 1. The molecule has 164 valence electrons. The van der Waals surface area contributed by atoms with Gasteiger partial charge in [0, 0.05) is 33.4 Å². The molecule has 0 aliphatic carbocycles. The van der Waals surface area contributed by atoms with E-state index >= 15 is 0 Å². The number of methoxy groups -OCH3 is 1. The Kier molecular flexibility index (Phi) is 5.18. The highest BCUT2D eigenvalue weighted by Gasteiger charge is 2.43. The zero-order valence-corrected chi connectivity index (χ0v) is 18.9. The van der Waals surface area contributed by atoms with Crippen molar-refractivity contribution in [1.82, 2.24) is 10.2 Å². The normalized spacial score (nSPS) is 14.9. The molecule has 0 saturated heterocycles. The number of rotatable bonds is 5. The predicted octanol–water partition coefficient (Wildman–Crippen LogP) is 5.51. The number of halogens is 1. The molecule has 0 saturated carbocycles. The highest BCUT2D eigenvalue weighted by Crippen LogP contribution is 2.45. The summed E-state index contributed by atoms with van der Waals surface area (Å²) in [6.45, 7) is 0. The number of anilines is 1. The van der Waals surface area contributed by atoms with Gasteiger partial charge >= 0.3 is 0 Å². The summed E-state index contributed by atoms with van der Waals surface area (Å²) in [7, 11) is 1.60. The van der Waals surface area contributed by atoms with Crippen LogP contribution in [-0.2, 0) is 0 Å². The van der Waals surface area contributed by atoms with Crippen molar-refractivity contribution in [3.63, 3.8) is 0 Å². The van der Waals surface area contributed by atoms with Crippen molar-refractivity contribution >= 4 is 33.2 Å². The number of benzene rings is 3. The van der Waals surface area contributed by atoms with Crippen LogP contribution in [0.2, 0.25) is 0 Å². The maximum Gasteiger partial charge on any atom is 0.277 e. The number of aromatic nitrogens is 2. The Morgan fingerprint density at radius 3 is 2.30 bits per heavy atom. The highest BCUT2D eigenvalue weighted by molar-refractivity contribution is 9.10. The lowest BCUT2D eigenvalue weighted by molar-refractivity contribution is -0.384. The third-order valence-electron chi connectivity index (χ3n) is 5.66. The third kappa shape index (κ3) is 3.56. The lowest BCUT2D eigenvalue weighted by Gasteiger charge is -2.26. The summed E-state index contributed by atoms with van der Waals surface area (Å²) in [6.07, 6.45) is 0. The summed E-state index contributed by atoms with van der Waals surface area (Å²) in [5, 5.41) is 18.5. The van der Waals surface area contributed by atoms with E-state index in [1.807, 2.05) is 48.5 Å². The number of amides is 1. The number of nitrogens with zero attached hydrogens (tertiary/aromatic N) is 3. The molecule has 33 heavy (non-hydrogen) atoms. The maximum absolute atomic E-state index is 13.5. The first-order valence-corrected chi connectivity index (χ1v) is 10.8. The first-order valence-electron chi connectivity index (χ1n) is 10.0. The predicted molar refractivity (Wildman–Crippen MR) is 126 cm³/mol. The van der Waals surface area contributed by atoms with Crippen LogP contribution in [-0.4, -0.2) is 28.1 Å². The molecule has 0 bridgehead atoms. The van der Waals surface area contributed by atoms with Crippen LogP contribution >= 0.6 is 15.9 Å². The third-order valence-corrected chi connectivity index (χ3v) is 6.18. The summed E-state index contributed by atoms with van der Waals surface area (Å²) >= 11 is 3.43. The van der Waals surface area contributed by atoms with Crippen molar-refractivity contribution in [3.05, 3.63) is 104 Å². The van der Waals surface area contributed by atoms with Gasteiger partial charge in [0.15, 0.2) is 0 Å². The minimum Gasteiger partial charge on any atom is -0.497 e. The van der Waals surface area contributed by atoms with Gasteiger partial charge in [-0.1, -0.05) is 15.9 Å². The average Bonchev–Trinajstić information content (AvgIpc) is 3.39. The van der Waals surface area contributed by atoms with E-state index in [1.165, 1.54) is 12.1 Å². The number of fused-ring (bicyclic) bond motifs is 1. The Hall–Kier alpha value is -3.98. The second kappa shape index (κ2) is 8.18. The van der Waals surface area contributed by atoms with E-state index in [1.54, 1.807) is 24.1 Å². The van der Waals surface area contributed by atoms with Gasteiger partial charge in [0.05, 0.1) is 23.8 Å². The SMILES string of the molecule is COc1ccc(-c2n[nH]c3c2[C@H](c2ccc([N+](=O)[O-])cc2)N(c2ccc(Br)cc2)C3=O)cc1. The van der Waals surface area contributed by atoms with Crippen molar-refractivity contribution in [2.45, 2.75) is 6.04 Å². The molecule has 5 rings (SSSR count). The van der Waals surface area contributed by atoms with E-state index in [0.717, 1.165) is 21.2 Å². The lowest BCUT2D eigenvalue weighted by Crippen LogP contribution is -2.29. The van der Waals surface area contributed by atoms with Crippen LogP contribution in [0.5, 0.6) is 5.75 Å². The average molecular weight is 505 g/mol. The second-order valence-corrected chi connectivity index (χ2v) is 8.41. The van der Waals surface area contributed by atoms with E-state index in [0.29, 0.717) is 22.8 Å². The molecular weight excluding hydrogens is 488 g/mol. The summed E-state index contributed by atoms with van der Waals surface area (Å²) in [4.78, 5) is 25.9.